The average molecular weight is 302 g/mol. The van der Waals surface area contributed by atoms with E-state index < -0.39 is 0 Å². The molecule has 1 heterocycles. The molecule has 0 amide bonds. The van der Waals surface area contributed by atoms with E-state index in [1.807, 2.05) is 12.1 Å². The highest BCUT2D eigenvalue weighted by Crippen LogP contribution is 2.27. The first-order chi connectivity index (χ1) is 10.2. The Bertz CT molecular complexity index is 613. The lowest BCUT2D eigenvalue weighted by atomic mass is 10.2. The van der Waals surface area contributed by atoms with Crippen LogP contribution in [0.4, 0.5) is 5.69 Å². The van der Waals surface area contributed by atoms with E-state index in [1.54, 1.807) is 6.92 Å². The second-order valence-corrected chi connectivity index (χ2v) is 5.77. The fourth-order valence-electron chi connectivity index (χ4n) is 1.96. The van der Waals surface area contributed by atoms with Gasteiger partial charge >= 0.3 is 0 Å². The fraction of sp³-hybridized carbons (Fsp3) is 0.400. The monoisotopic (exact) mass is 302 g/mol. The van der Waals surface area contributed by atoms with Crippen molar-refractivity contribution in [2.24, 2.45) is 0 Å². The molecule has 0 aliphatic rings. The molecule has 0 unspecified atom stereocenters. The molecule has 6 heteroatoms. The Kier molecular flexibility index (Phi) is 5.23. The zero-order valence-electron chi connectivity index (χ0n) is 12.4. The molecule has 2 rings (SSSR count). The lowest BCUT2D eigenvalue weighted by Gasteiger charge is -2.20. The van der Waals surface area contributed by atoms with E-state index in [0.717, 1.165) is 18.7 Å². The third-order valence-electron chi connectivity index (χ3n) is 3.11. The molecular formula is C15H18N4OS. The summed E-state index contributed by atoms with van der Waals surface area (Å²) in [6.45, 7) is 8.02. The molecule has 0 fully saturated rings. The van der Waals surface area contributed by atoms with Gasteiger partial charge in [-0.1, -0.05) is 0 Å². The Morgan fingerprint density at radius 3 is 2.48 bits per heavy atom. The van der Waals surface area contributed by atoms with Crippen LogP contribution in [-0.2, 0) is 0 Å². The highest BCUT2D eigenvalue weighted by Gasteiger charge is 2.12. The third-order valence-corrected chi connectivity index (χ3v) is 3.93. The smallest absolute Gasteiger partial charge is 0.278 e. The molecule has 0 saturated carbocycles. The maximum Gasteiger partial charge on any atom is 0.278 e. The molecule has 5 nitrogen and oxygen atoms in total. The Labute approximate surface area is 129 Å². The van der Waals surface area contributed by atoms with Gasteiger partial charge in [0, 0.05) is 24.3 Å². The average Bonchev–Trinajstić information content (AvgIpc) is 2.97. The van der Waals surface area contributed by atoms with Crippen LogP contribution in [0.2, 0.25) is 0 Å². The van der Waals surface area contributed by atoms with Gasteiger partial charge in [-0.15, -0.1) is 10.2 Å². The number of benzene rings is 1. The first kappa shape index (κ1) is 15.4. The van der Waals surface area contributed by atoms with Crippen molar-refractivity contribution in [2.75, 3.05) is 18.0 Å². The van der Waals surface area contributed by atoms with Gasteiger partial charge in [0.25, 0.3) is 5.22 Å². The summed E-state index contributed by atoms with van der Waals surface area (Å²) < 4.78 is 5.57. The van der Waals surface area contributed by atoms with Gasteiger partial charge < -0.3 is 9.32 Å². The lowest BCUT2D eigenvalue weighted by molar-refractivity contribution is 0.465. The Balaban J connectivity index is 2.14. The number of thioether (sulfide) groups is 1. The predicted octanol–water partition coefficient (Wildman–Crippen LogP) is 3.59. The standard InChI is InChI=1S/C15H18N4OS/c1-4-19(5-2)13-8-6-12(7-9-13)14-17-18-15(20-14)21-11(3)10-16/h6-9,11H,4-5H2,1-3H3/t11-/m0/s1. The minimum Gasteiger partial charge on any atom is -0.411 e. The molecule has 0 spiro atoms. The van der Waals surface area contributed by atoms with Crippen molar-refractivity contribution in [3.8, 4) is 17.5 Å². The summed E-state index contributed by atoms with van der Waals surface area (Å²) in [6, 6.07) is 10.2. The molecule has 2 aromatic rings. The van der Waals surface area contributed by atoms with E-state index in [4.69, 9.17) is 9.68 Å². The Morgan fingerprint density at radius 1 is 1.24 bits per heavy atom. The molecule has 1 aromatic carbocycles. The molecule has 1 atom stereocenters. The van der Waals surface area contributed by atoms with Crippen molar-refractivity contribution >= 4 is 17.4 Å². The number of nitriles is 1. The number of nitrogens with zero attached hydrogens (tertiary/aromatic N) is 4. The van der Waals surface area contributed by atoms with Crippen molar-refractivity contribution in [3.05, 3.63) is 24.3 Å². The second-order valence-electron chi connectivity index (χ2n) is 4.48. The summed E-state index contributed by atoms with van der Waals surface area (Å²) in [7, 11) is 0. The van der Waals surface area contributed by atoms with Crippen molar-refractivity contribution in [1.29, 1.82) is 5.26 Å². The molecule has 0 aliphatic heterocycles. The molecule has 0 saturated heterocycles. The lowest BCUT2D eigenvalue weighted by Crippen LogP contribution is -2.21. The van der Waals surface area contributed by atoms with E-state index in [0.29, 0.717) is 11.1 Å². The van der Waals surface area contributed by atoms with Crippen molar-refractivity contribution in [2.45, 2.75) is 31.2 Å². The van der Waals surface area contributed by atoms with E-state index in [2.05, 4.69) is 47.1 Å². The zero-order valence-corrected chi connectivity index (χ0v) is 13.2. The van der Waals surface area contributed by atoms with Crippen molar-refractivity contribution < 1.29 is 4.42 Å². The maximum atomic E-state index is 8.78. The minimum atomic E-state index is -0.205. The van der Waals surface area contributed by atoms with E-state index >= 15 is 0 Å². The number of hydrogen-bond acceptors (Lipinski definition) is 6. The van der Waals surface area contributed by atoms with Gasteiger partial charge in [-0.25, -0.2) is 0 Å². The zero-order chi connectivity index (χ0) is 15.2. The van der Waals surface area contributed by atoms with Crippen LogP contribution in [0.25, 0.3) is 11.5 Å². The number of rotatable bonds is 6. The van der Waals surface area contributed by atoms with E-state index in [1.165, 1.54) is 17.4 Å². The highest BCUT2D eigenvalue weighted by molar-refractivity contribution is 7.99. The summed E-state index contributed by atoms with van der Waals surface area (Å²) in [6.07, 6.45) is 0. The van der Waals surface area contributed by atoms with Gasteiger partial charge in [-0.05, 0) is 56.8 Å². The number of anilines is 1. The highest BCUT2D eigenvalue weighted by atomic mass is 32.2. The summed E-state index contributed by atoms with van der Waals surface area (Å²) in [5, 5.41) is 17.0. The van der Waals surface area contributed by atoms with Crippen LogP contribution < -0.4 is 4.90 Å². The van der Waals surface area contributed by atoms with E-state index in [9.17, 15) is 0 Å². The van der Waals surface area contributed by atoms with Crippen molar-refractivity contribution in [1.82, 2.24) is 10.2 Å². The quantitative estimate of drug-likeness (QED) is 0.760. The largest absolute Gasteiger partial charge is 0.411 e. The van der Waals surface area contributed by atoms with Crippen LogP contribution in [0.5, 0.6) is 0 Å². The molecular weight excluding hydrogens is 284 g/mol. The number of hydrogen-bond donors (Lipinski definition) is 0. The Hall–Kier alpha value is -2.00. The minimum absolute atomic E-state index is 0.205. The van der Waals surface area contributed by atoms with Gasteiger partial charge in [-0.2, -0.15) is 5.26 Å². The molecule has 1 aromatic heterocycles. The molecule has 0 bridgehead atoms. The van der Waals surface area contributed by atoms with Crippen LogP contribution in [0.3, 0.4) is 0 Å². The summed E-state index contributed by atoms with van der Waals surface area (Å²) >= 11 is 1.26. The molecule has 0 radical (unpaired) electrons. The molecule has 0 aliphatic carbocycles. The first-order valence-electron chi connectivity index (χ1n) is 6.93. The molecule has 110 valence electrons. The SMILES string of the molecule is CCN(CC)c1ccc(-c2nnc(S[C@@H](C)C#N)o2)cc1. The van der Waals surface area contributed by atoms with Crippen molar-refractivity contribution in [3.63, 3.8) is 0 Å². The van der Waals surface area contributed by atoms with Crippen LogP contribution in [0.15, 0.2) is 33.9 Å². The Morgan fingerprint density at radius 2 is 1.90 bits per heavy atom. The van der Waals surface area contributed by atoms with Crippen LogP contribution >= 0.6 is 11.8 Å². The van der Waals surface area contributed by atoms with Gasteiger partial charge in [0.2, 0.25) is 5.89 Å². The summed E-state index contributed by atoms with van der Waals surface area (Å²) in [5.41, 5.74) is 2.06. The van der Waals surface area contributed by atoms with Gasteiger partial charge in [0.1, 0.15) is 0 Å². The fourth-order valence-corrected chi connectivity index (χ4v) is 2.53. The molecule has 0 N–H and O–H groups in total. The van der Waals surface area contributed by atoms with Gasteiger partial charge in [0.05, 0.1) is 11.3 Å². The topological polar surface area (TPSA) is 66.0 Å². The molecule has 21 heavy (non-hydrogen) atoms. The summed E-state index contributed by atoms with van der Waals surface area (Å²) in [5.74, 6) is 0.480. The second kappa shape index (κ2) is 7.14. The van der Waals surface area contributed by atoms with Gasteiger partial charge in [0.15, 0.2) is 0 Å². The van der Waals surface area contributed by atoms with Gasteiger partial charge in [-0.3, -0.25) is 0 Å². The van der Waals surface area contributed by atoms with Crippen LogP contribution in [0.1, 0.15) is 20.8 Å². The first-order valence-corrected chi connectivity index (χ1v) is 7.81. The van der Waals surface area contributed by atoms with Crippen LogP contribution in [0, 0.1) is 11.3 Å². The third kappa shape index (κ3) is 3.76. The maximum absolute atomic E-state index is 8.78. The predicted molar refractivity (Wildman–Crippen MR) is 84.2 cm³/mol. The van der Waals surface area contributed by atoms with Crippen LogP contribution in [-0.4, -0.2) is 28.5 Å². The summed E-state index contributed by atoms with van der Waals surface area (Å²) in [4.78, 5) is 2.27. The number of aromatic nitrogens is 2. The normalized spacial score (nSPS) is 11.9. The van der Waals surface area contributed by atoms with E-state index in [-0.39, 0.29) is 5.25 Å².